The highest BCUT2D eigenvalue weighted by Crippen LogP contribution is 2.34. The second-order valence-electron chi connectivity index (χ2n) is 6.38. The van der Waals surface area contributed by atoms with E-state index in [0.717, 1.165) is 41.0 Å². The van der Waals surface area contributed by atoms with Crippen LogP contribution in [0.3, 0.4) is 0 Å². The molecule has 5 nitrogen and oxygen atoms in total. The van der Waals surface area contributed by atoms with Gasteiger partial charge in [-0.2, -0.15) is 0 Å². The SMILES string of the molecule is Cc1ccc(CCNc2nc3sc4c(c3c(=O)n2C)CCCC4)o1. The van der Waals surface area contributed by atoms with Gasteiger partial charge in [-0.25, -0.2) is 4.98 Å². The summed E-state index contributed by atoms with van der Waals surface area (Å²) in [5, 5.41) is 4.12. The minimum atomic E-state index is 0.0655. The van der Waals surface area contributed by atoms with E-state index in [1.54, 1.807) is 23.0 Å². The van der Waals surface area contributed by atoms with E-state index in [9.17, 15) is 4.79 Å². The Hall–Kier alpha value is -2.08. The molecule has 0 fully saturated rings. The van der Waals surface area contributed by atoms with Crippen LogP contribution in [0.2, 0.25) is 0 Å². The van der Waals surface area contributed by atoms with Crippen molar-refractivity contribution in [2.24, 2.45) is 7.05 Å². The number of anilines is 1. The fraction of sp³-hybridized carbons (Fsp3) is 0.444. The quantitative estimate of drug-likeness (QED) is 0.788. The third kappa shape index (κ3) is 2.65. The zero-order valence-electron chi connectivity index (χ0n) is 14.0. The number of nitrogens with one attached hydrogen (secondary N) is 1. The fourth-order valence-corrected chi connectivity index (χ4v) is 4.61. The highest BCUT2D eigenvalue weighted by molar-refractivity contribution is 7.18. The smallest absolute Gasteiger partial charge is 0.263 e. The summed E-state index contributed by atoms with van der Waals surface area (Å²) in [7, 11) is 1.79. The minimum absolute atomic E-state index is 0.0655. The Bertz CT molecular complexity index is 951. The predicted molar refractivity (Wildman–Crippen MR) is 97.1 cm³/mol. The molecule has 0 bridgehead atoms. The van der Waals surface area contributed by atoms with Gasteiger partial charge in [0.15, 0.2) is 0 Å². The maximum atomic E-state index is 12.8. The summed E-state index contributed by atoms with van der Waals surface area (Å²) in [6.07, 6.45) is 5.25. The van der Waals surface area contributed by atoms with E-state index in [1.807, 2.05) is 19.1 Å². The van der Waals surface area contributed by atoms with Crippen LogP contribution in [0.15, 0.2) is 21.3 Å². The first kappa shape index (κ1) is 15.4. The second kappa shape index (κ2) is 6.09. The predicted octanol–water partition coefficient (Wildman–Crippen LogP) is 3.43. The van der Waals surface area contributed by atoms with E-state index in [0.29, 0.717) is 12.5 Å². The van der Waals surface area contributed by atoms with E-state index in [-0.39, 0.29) is 5.56 Å². The fourth-order valence-electron chi connectivity index (χ4n) is 3.36. The highest BCUT2D eigenvalue weighted by Gasteiger charge is 2.21. The molecule has 1 N–H and O–H groups in total. The molecule has 0 aromatic carbocycles. The molecule has 0 atom stereocenters. The topological polar surface area (TPSA) is 60.1 Å². The number of rotatable bonds is 4. The van der Waals surface area contributed by atoms with Crippen LogP contribution in [0.4, 0.5) is 5.95 Å². The van der Waals surface area contributed by atoms with E-state index < -0.39 is 0 Å². The van der Waals surface area contributed by atoms with Gasteiger partial charge in [0.2, 0.25) is 5.95 Å². The number of hydrogen-bond donors (Lipinski definition) is 1. The van der Waals surface area contributed by atoms with Gasteiger partial charge in [0.25, 0.3) is 5.56 Å². The molecule has 126 valence electrons. The van der Waals surface area contributed by atoms with Gasteiger partial charge in [-0.05, 0) is 50.3 Å². The van der Waals surface area contributed by atoms with Crippen molar-refractivity contribution in [3.05, 3.63) is 44.4 Å². The molecule has 4 rings (SSSR count). The van der Waals surface area contributed by atoms with Gasteiger partial charge in [0, 0.05) is 24.9 Å². The minimum Gasteiger partial charge on any atom is -0.466 e. The Morgan fingerprint density at radius 1 is 1.33 bits per heavy atom. The molecular weight excluding hydrogens is 322 g/mol. The number of aromatic nitrogens is 2. The van der Waals surface area contributed by atoms with Gasteiger partial charge in [-0.15, -0.1) is 11.3 Å². The van der Waals surface area contributed by atoms with Crippen molar-refractivity contribution < 1.29 is 4.42 Å². The molecule has 3 aromatic heterocycles. The third-order valence-electron chi connectivity index (χ3n) is 4.65. The number of thiophene rings is 1. The lowest BCUT2D eigenvalue weighted by molar-refractivity contribution is 0.486. The van der Waals surface area contributed by atoms with Crippen LogP contribution in [0.1, 0.15) is 34.8 Å². The van der Waals surface area contributed by atoms with Gasteiger partial charge in [-0.3, -0.25) is 9.36 Å². The Balaban J connectivity index is 1.61. The monoisotopic (exact) mass is 343 g/mol. The Labute approximate surface area is 144 Å². The first-order valence-electron chi connectivity index (χ1n) is 8.44. The molecule has 0 radical (unpaired) electrons. The summed E-state index contributed by atoms with van der Waals surface area (Å²) in [6.45, 7) is 2.62. The van der Waals surface area contributed by atoms with Crippen LogP contribution in [0.5, 0.6) is 0 Å². The molecule has 24 heavy (non-hydrogen) atoms. The molecule has 0 saturated carbocycles. The first-order valence-corrected chi connectivity index (χ1v) is 9.25. The van der Waals surface area contributed by atoms with Crippen LogP contribution < -0.4 is 10.9 Å². The van der Waals surface area contributed by atoms with Crippen molar-refractivity contribution in [3.8, 4) is 0 Å². The Morgan fingerprint density at radius 2 is 2.17 bits per heavy atom. The normalized spacial score (nSPS) is 14.1. The Kier molecular flexibility index (Phi) is 3.92. The van der Waals surface area contributed by atoms with Crippen molar-refractivity contribution in [3.63, 3.8) is 0 Å². The van der Waals surface area contributed by atoms with Crippen molar-refractivity contribution in [2.45, 2.75) is 39.0 Å². The molecule has 0 amide bonds. The zero-order valence-corrected chi connectivity index (χ0v) is 14.8. The molecule has 0 aliphatic heterocycles. The lowest BCUT2D eigenvalue weighted by Gasteiger charge is -2.11. The molecule has 6 heteroatoms. The molecule has 3 aromatic rings. The highest BCUT2D eigenvalue weighted by atomic mass is 32.1. The van der Waals surface area contributed by atoms with Gasteiger partial charge < -0.3 is 9.73 Å². The van der Waals surface area contributed by atoms with Crippen molar-refractivity contribution in [1.29, 1.82) is 0 Å². The molecule has 0 saturated heterocycles. The molecule has 3 heterocycles. The largest absolute Gasteiger partial charge is 0.466 e. The van der Waals surface area contributed by atoms with E-state index in [4.69, 9.17) is 9.40 Å². The van der Waals surface area contributed by atoms with Crippen LogP contribution in [0, 0.1) is 6.92 Å². The molecule has 0 spiro atoms. The second-order valence-corrected chi connectivity index (χ2v) is 7.46. The van der Waals surface area contributed by atoms with Crippen molar-refractivity contribution in [2.75, 3.05) is 11.9 Å². The first-order chi connectivity index (χ1) is 11.6. The summed E-state index contributed by atoms with van der Waals surface area (Å²) < 4.78 is 7.21. The number of fused-ring (bicyclic) bond motifs is 3. The van der Waals surface area contributed by atoms with E-state index >= 15 is 0 Å². The average molecular weight is 343 g/mol. The van der Waals surface area contributed by atoms with E-state index in [1.165, 1.54) is 23.3 Å². The average Bonchev–Trinajstić information content (AvgIpc) is 3.15. The number of furan rings is 1. The maximum absolute atomic E-state index is 12.8. The van der Waals surface area contributed by atoms with Crippen LogP contribution in [0.25, 0.3) is 10.2 Å². The zero-order chi connectivity index (χ0) is 16.7. The van der Waals surface area contributed by atoms with Crippen LogP contribution in [-0.2, 0) is 26.3 Å². The van der Waals surface area contributed by atoms with E-state index in [2.05, 4.69) is 5.32 Å². The number of hydrogen-bond acceptors (Lipinski definition) is 5. The van der Waals surface area contributed by atoms with Crippen molar-refractivity contribution >= 4 is 27.5 Å². The van der Waals surface area contributed by atoms with Gasteiger partial charge >= 0.3 is 0 Å². The standard InChI is InChI=1S/C18H21N3O2S/c1-11-7-8-12(23-11)9-10-19-18-20-16-15(17(22)21(18)2)13-5-3-4-6-14(13)24-16/h7-8H,3-6,9-10H2,1-2H3,(H,19,20). The summed E-state index contributed by atoms with van der Waals surface area (Å²) in [4.78, 5) is 19.7. The lowest BCUT2D eigenvalue weighted by atomic mass is 9.97. The molecule has 1 aliphatic carbocycles. The number of nitrogens with zero attached hydrogens (tertiary/aromatic N) is 2. The lowest BCUT2D eigenvalue weighted by Crippen LogP contribution is -2.23. The van der Waals surface area contributed by atoms with Gasteiger partial charge in [0.05, 0.1) is 5.39 Å². The summed E-state index contributed by atoms with van der Waals surface area (Å²) in [5.41, 5.74) is 1.31. The number of aryl methyl sites for hydroxylation is 3. The summed E-state index contributed by atoms with van der Waals surface area (Å²) in [6, 6.07) is 3.95. The molecular formula is C18H21N3O2S. The maximum Gasteiger partial charge on any atom is 0.263 e. The van der Waals surface area contributed by atoms with Crippen LogP contribution >= 0.6 is 11.3 Å². The van der Waals surface area contributed by atoms with Gasteiger partial charge in [-0.1, -0.05) is 0 Å². The third-order valence-corrected chi connectivity index (χ3v) is 5.83. The summed E-state index contributed by atoms with van der Waals surface area (Å²) >= 11 is 1.69. The molecule has 1 aliphatic rings. The summed E-state index contributed by atoms with van der Waals surface area (Å²) in [5.74, 6) is 2.49. The van der Waals surface area contributed by atoms with Gasteiger partial charge in [0.1, 0.15) is 16.4 Å². The Morgan fingerprint density at radius 3 is 2.96 bits per heavy atom. The molecule has 0 unspecified atom stereocenters. The van der Waals surface area contributed by atoms with Crippen molar-refractivity contribution in [1.82, 2.24) is 9.55 Å². The van der Waals surface area contributed by atoms with Crippen LogP contribution in [-0.4, -0.2) is 16.1 Å².